The molecule has 0 amide bonds. The second-order valence-electron chi connectivity index (χ2n) is 7.94. The van der Waals surface area contributed by atoms with E-state index in [4.69, 9.17) is 0 Å². The number of nitrogens with one attached hydrogen (secondary N) is 1. The van der Waals surface area contributed by atoms with Gasteiger partial charge in [0.15, 0.2) is 0 Å². The van der Waals surface area contributed by atoms with Gasteiger partial charge >= 0.3 is 0 Å². The van der Waals surface area contributed by atoms with E-state index in [1.807, 2.05) is 0 Å². The first-order valence-electron chi connectivity index (χ1n) is 8.80. The Morgan fingerprint density at radius 1 is 1.15 bits per heavy atom. The summed E-state index contributed by atoms with van der Waals surface area (Å²) in [5.74, 6) is 0.862. The summed E-state index contributed by atoms with van der Waals surface area (Å²) in [6.45, 7) is 18.9. The molecule has 0 bridgehead atoms. The molecule has 3 unspecified atom stereocenters. The van der Waals surface area contributed by atoms with Crippen LogP contribution in [0.2, 0.25) is 0 Å². The van der Waals surface area contributed by atoms with Crippen molar-refractivity contribution in [1.29, 1.82) is 0 Å². The Morgan fingerprint density at radius 2 is 1.80 bits per heavy atom. The van der Waals surface area contributed by atoms with Crippen LogP contribution in [0.5, 0.6) is 0 Å². The van der Waals surface area contributed by atoms with Crippen LogP contribution in [0.1, 0.15) is 74.1 Å². The zero-order chi connectivity index (χ0) is 15.3. The quantitative estimate of drug-likeness (QED) is 0.781. The minimum absolute atomic E-state index is 0.449. The van der Waals surface area contributed by atoms with Crippen LogP contribution < -0.4 is 5.32 Å². The van der Waals surface area contributed by atoms with Gasteiger partial charge in [-0.2, -0.15) is 0 Å². The third-order valence-electron chi connectivity index (χ3n) is 5.08. The molecule has 20 heavy (non-hydrogen) atoms. The highest BCUT2D eigenvalue weighted by Crippen LogP contribution is 2.39. The molecule has 0 aromatic carbocycles. The van der Waals surface area contributed by atoms with Gasteiger partial charge in [0.1, 0.15) is 0 Å². The van der Waals surface area contributed by atoms with Gasteiger partial charge in [-0.05, 0) is 64.0 Å². The monoisotopic (exact) mass is 282 g/mol. The smallest absolute Gasteiger partial charge is 0.0254 e. The van der Waals surface area contributed by atoms with Crippen LogP contribution >= 0.6 is 0 Å². The molecule has 1 aliphatic carbocycles. The highest BCUT2D eigenvalue weighted by atomic mass is 15.2. The van der Waals surface area contributed by atoms with Gasteiger partial charge in [0, 0.05) is 18.1 Å². The SMILES string of the molecule is CCCN(C(C)C)C1CC(C(C)(C)C)CCC1NCC. The lowest BCUT2D eigenvalue weighted by molar-refractivity contribution is 0.0410. The van der Waals surface area contributed by atoms with Crippen molar-refractivity contribution in [3.05, 3.63) is 0 Å². The molecule has 0 saturated heterocycles. The molecule has 0 aliphatic heterocycles. The number of likely N-dealkylation sites (N-methyl/N-ethyl adjacent to an activating group) is 1. The van der Waals surface area contributed by atoms with E-state index in [1.54, 1.807) is 0 Å². The van der Waals surface area contributed by atoms with Crippen molar-refractivity contribution in [2.24, 2.45) is 11.3 Å². The fourth-order valence-electron chi connectivity index (χ4n) is 3.87. The van der Waals surface area contributed by atoms with Crippen LogP contribution in [0.15, 0.2) is 0 Å². The zero-order valence-corrected chi connectivity index (χ0v) is 15.0. The molecule has 1 aliphatic rings. The van der Waals surface area contributed by atoms with Crippen LogP contribution in [-0.2, 0) is 0 Å². The van der Waals surface area contributed by atoms with Gasteiger partial charge in [0.2, 0.25) is 0 Å². The first-order chi connectivity index (χ1) is 9.31. The van der Waals surface area contributed by atoms with Crippen molar-refractivity contribution in [1.82, 2.24) is 10.2 Å². The topological polar surface area (TPSA) is 15.3 Å². The molecule has 2 heteroatoms. The Morgan fingerprint density at radius 3 is 2.25 bits per heavy atom. The summed E-state index contributed by atoms with van der Waals surface area (Å²) in [6, 6.07) is 2.06. The molecule has 1 rings (SSSR count). The fraction of sp³-hybridized carbons (Fsp3) is 1.00. The van der Waals surface area contributed by atoms with Crippen molar-refractivity contribution < 1.29 is 0 Å². The van der Waals surface area contributed by atoms with Gasteiger partial charge < -0.3 is 5.32 Å². The first kappa shape index (κ1) is 18.0. The zero-order valence-electron chi connectivity index (χ0n) is 15.0. The van der Waals surface area contributed by atoms with Gasteiger partial charge in [0.05, 0.1) is 0 Å². The number of nitrogens with zero attached hydrogens (tertiary/aromatic N) is 1. The van der Waals surface area contributed by atoms with Crippen molar-refractivity contribution in [3.63, 3.8) is 0 Å². The van der Waals surface area contributed by atoms with E-state index in [9.17, 15) is 0 Å². The second kappa shape index (κ2) is 7.79. The van der Waals surface area contributed by atoms with E-state index in [0.29, 0.717) is 23.5 Å². The molecule has 1 fully saturated rings. The highest BCUT2D eigenvalue weighted by molar-refractivity contribution is 4.94. The maximum Gasteiger partial charge on any atom is 0.0254 e. The van der Waals surface area contributed by atoms with Crippen molar-refractivity contribution in [2.45, 2.75) is 92.3 Å². The summed E-state index contributed by atoms with van der Waals surface area (Å²) in [7, 11) is 0. The Balaban J connectivity index is 2.86. The third kappa shape index (κ3) is 4.73. The molecule has 0 radical (unpaired) electrons. The van der Waals surface area contributed by atoms with Crippen LogP contribution in [0.3, 0.4) is 0 Å². The lowest BCUT2D eigenvalue weighted by atomic mass is 9.69. The molecule has 0 aromatic rings. The van der Waals surface area contributed by atoms with Crippen molar-refractivity contribution >= 4 is 0 Å². The maximum absolute atomic E-state index is 3.76. The second-order valence-corrected chi connectivity index (χ2v) is 7.94. The molecular weight excluding hydrogens is 244 g/mol. The summed E-state index contributed by atoms with van der Waals surface area (Å²) in [6.07, 6.45) is 5.34. The van der Waals surface area contributed by atoms with Crippen LogP contribution in [0, 0.1) is 11.3 Å². The largest absolute Gasteiger partial charge is 0.313 e. The van der Waals surface area contributed by atoms with Crippen molar-refractivity contribution in [2.75, 3.05) is 13.1 Å². The molecule has 1 saturated carbocycles. The summed E-state index contributed by atoms with van der Waals surface area (Å²) < 4.78 is 0. The van der Waals surface area contributed by atoms with E-state index in [-0.39, 0.29) is 0 Å². The number of hydrogen-bond acceptors (Lipinski definition) is 2. The molecule has 1 N–H and O–H groups in total. The molecule has 0 heterocycles. The predicted octanol–water partition coefficient (Wildman–Crippen LogP) is 4.30. The molecule has 0 spiro atoms. The minimum Gasteiger partial charge on any atom is -0.313 e. The number of hydrogen-bond donors (Lipinski definition) is 1. The molecule has 0 aromatic heterocycles. The minimum atomic E-state index is 0.449. The number of rotatable bonds is 6. The Hall–Kier alpha value is -0.0800. The lowest BCUT2D eigenvalue weighted by Crippen LogP contribution is -2.56. The van der Waals surface area contributed by atoms with E-state index < -0.39 is 0 Å². The van der Waals surface area contributed by atoms with E-state index in [1.165, 1.54) is 32.2 Å². The normalized spacial score (nSPS) is 28.4. The molecular formula is C18H38N2. The van der Waals surface area contributed by atoms with Crippen molar-refractivity contribution in [3.8, 4) is 0 Å². The van der Waals surface area contributed by atoms with Crippen LogP contribution in [0.4, 0.5) is 0 Å². The van der Waals surface area contributed by atoms with Gasteiger partial charge in [-0.15, -0.1) is 0 Å². The highest BCUT2D eigenvalue weighted by Gasteiger charge is 2.38. The Labute approximate surface area is 127 Å². The average molecular weight is 283 g/mol. The van der Waals surface area contributed by atoms with Gasteiger partial charge in [0.25, 0.3) is 0 Å². The summed E-state index contributed by atoms with van der Waals surface area (Å²) >= 11 is 0. The van der Waals surface area contributed by atoms with Gasteiger partial charge in [-0.25, -0.2) is 0 Å². The first-order valence-corrected chi connectivity index (χ1v) is 8.80. The van der Waals surface area contributed by atoms with Crippen LogP contribution in [-0.4, -0.2) is 36.1 Å². The molecule has 2 nitrogen and oxygen atoms in total. The predicted molar refractivity (Wildman–Crippen MR) is 90.2 cm³/mol. The average Bonchev–Trinajstić information content (AvgIpc) is 2.35. The van der Waals surface area contributed by atoms with Crippen LogP contribution in [0.25, 0.3) is 0 Å². The maximum atomic E-state index is 3.76. The van der Waals surface area contributed by atoms with Gasteiger partial charge in [-0.1, -0.05) is 34.6 Å². The lowest BCUT2D eigenvalue weighted by Gasteiger charge is -2.48. The standard InChI is InChI=1S/C18H38N2/c1-8-12-20(14(3)4)17-13-15(18(5,6)7)10-11-16(17)19-9-2/h14-17,19H,8-13H2,1-7H3. The summed E-state index contributed by atoms with van der Waals surface area (Å²) in [4.78, 5) is 2.76. The van der Waals surface area contributed by atoms with Gasteiger partial charge in [-0.3, -0.25) is 4.90 Å². The Kier molecular flexibility index (Phi) is 7.00. The Bertz CT molecular complexity index is 267. The summed E-state index contributed by atoms with van der Waals surface area (Å²) in [5.41, 5.74) is 0.449. The fourth-order valence-corrected chi connectivity index (χ4v) is 3.87. The van der Waals surface area contributed by atoms with E-state index in [0.717, 1.165) is 12.5 Å². The third-order valence-corrected chi connectivity index (χ3v) is 5.08. The molecule has 120 valence electrons. The van der Waals surface area contributed by atoms with E-state index in [2.05, 4.69) is 58.7 Å². The van der Waals surface area contributed by atoms with E-state index >= 15 is 0 Å². The summed E-state index contributed by atoms with van der Waals surface area (Å²) in [5, 5.41) is 3.76. The molecule has 3 atom stereocenters.